The number of ether oxygens (including phenoxy) is 1. The third kappa shape index (κ3) is 7.79. The molecule has 3 aromatic rings. The van der Waals surface area contributed by atoms with E-state index < -0.39 is 17.9 Å². The van der Waals surface area contributed by atoms with Crippen LogP contribution in [-0.4, -0.2) is 46.8 Å². The highest BCUT2D eigenvalue weighted by molar-refractivity contribution is 6.39. The summed E-state index contributed by atoms with van der Waals surface area (Å²) in [7, 11) is 0. The van der Waals surface area contributed by atoms with Gasteiger partial charge in [-0.3, -0.25) is 4.79 Å². The molecule has 196 valence electrons. The third-order valence-electron chi connectivity index (χ3n) is 6.29. The number of carbonyl (C=O) groups is 2. The highest BCUT2D eigenvalue weighted by atomic mass is 19.1. The number of ketones is 1. The minimum Gasteiger partial charge on any atom is -0.475 e. The summed E-state index contributed by atoms with van der Waals surface area (Å²) in [5, 5.41) is 22.8. The zero-order valence-electron chi connectivity index (χ0n) is 21.6. The lowest BCUT2D eigenvalue weighted by Crippen LogP contribution is -2.46. The molecule has 0 aromatic heterocycles. The van der Waals surface area contributed by atoms with E-state index in [-0.39, 0.29) is 29.6 Å². The standard InChI is InChI=1S/C30H34FNO5/c1-19-9-10-21(15-27(19)31)16-30(3,4)32-17-24(33)18-37-20(2)25-7-5-6-8-26(25)22-11-13-23(14-12-22)28(34)29(35)36/h5-15,20,24,32-33H,16-18H2,1-4H3,(H,35,36)/t20-,24-/m1/s1. The predicted octanol–water partition coefficient (Wildman–Crippen LogP) is 5.12. The van der Waals surface area contributed by atoms with Gasteiger partial charge in [0.2, 0.25) is 0 Å². The molecule has 6 nitrogen and oxygen atoms in total. The van der Waals surface area contributed by atoms with Crippen LogP contribution in [0.5, 0.6) is 0 Å². The fourth-order valence-electron chi connectivity index (χ4n) is 4.16. The number of aliphatic hydroxyl groups is 1. The Morgan fingerprint density at radius 3 is 2.38 bits per heavy atom. The summed E-state index contributed by atoms with van der Waals surface area (Å²) in [5.41, 5.74) is 3.88. The van der Waals surface area contributed by atoms with Gasteiger partial charge in [0.15, 0.2) is 0 Å². The molecule has 0 bridgehead atoms. The molecule has 0 aliphatic heterocycles. The van der Waals surface area contributed by atoms with Crippen LogP contribution in [0.2, 0.25) is 0 Å². The van der Waals surface area contributed by atoms with E-state index in [0.717, 1.165) is 22.3 Å². The molecule has 7 heteroatoms. The molecule has 0 saturated carbocycles. The number of rotatable bonds is 12. The Hall–Kier alpha value is -3.39. The first kappa shape index (κ1) is 28.2. The average Bonchev–Trinajstić information content (AvgIpc) is 2.87. The minimum atomic E-state index is -1.49. The molecule has 37 heavy (non-hydrogen) atoms. The van der Waals surface area contributed by atoms with Gasteiger partial charge >= 0.3 is 5.97 Å². The maximum absolute atomic E-state index is 13.9. The van der Waals surface area contributed by atoms with Crippen molar-refractivity contribution in [3.63, 3.8) is 0 Å². The van der Waals surface area contributed by atoms with Gasteiger partial charge in [-0.2, -0.15) is 0 Å². The lowest BCUT2D eigenvalue weighted by Gasteiger charge is -2.28. The largest absolute Gasteiger partial charge is 0.475 e. The number of aryl methyl sites for hydroxylation is 1. The van der Waals surface area contributed by atoms with Crippen LogP contribution in [-0.2, 0) is 16.0 Å². The van der Waals surface area contributed by atoms with E-state index in [0.29, 0.717) is 18.5 Å². The van der Waals surface area contributed by atoms with Crippen LogP contribution in [0, 0.1) is 12.7 Å². The van der Waals surface area contributed by atoms with Crippen molar-refractivity contribution in [2.24, 2.45) is 0 Å². The molecule has 0 radical (unpaired) electrons. The molecule has 0 aliphatic rings. The lowest BCUT2D eigenvalue weighted by molar-refractivity contribution is -0.131. The summed E-state index contributed by atoms with van der Waals surface area (Å²) in [4.78, 5) is 22.6. The average molecular weight is 508 g/mol. The van der Waals surface area contributed by atoms with Crippen molar-refractivity contribution in [1.82, 2.24) is 5.32 Å². The van der Waals surface area contributed by atoms with E-state index >= 15 is 0 Å². The molecule has 0 unspecified atom stereocenters. The van der Waals surface area contributed by atoms with Crippen molar-refractivity contribution < 1.29 is 28.9 Å². The Morgan fingerprint density at radius 1 is 1.05 bits per heavy atom. The number of β-amino-alcohol motifs (C(OH)–C–C–N with tert-alkyl or cyclic N) is 1. The van der Waals surface area contributed by atoms with Gasteiger partial charge in [0.05, 0.1) is 18.8 Å². The van der Waals surface area contributed by atoms with Crippen LogP contribution in [0.1, 0.15) is 53.9 Å². The Kier molecular flexibility index (Phi) is 9.32. The molecule has 0 spiro atoms. The first-order valence-corrected chi connectivity index (χ1v) is 12.2. The topological polar surface area (TPSA) is 95.9 Å². The fraction of sp³-hybridized carbons (Fsp3) is 0.333. The minimum absolute atomic E-state index is 0.115. The van der Waals surface area contributed by atoms with Crippen molar-refractivity contribution in [3.05, 3.63) is 94.8 Å². The van der Waals surface area contributed by atoms with E-state index in [2.05, 4.69) is 5.32 Å². The Balaban J connectivity index is 1.57. The van der Waals surface area contributed by atoms with Gasteiger partial charge in [-0.25, -0.2) is 9.18 Å². The van der Waals surface area contributed by atoms with E-state index in [1.165, 1.54) is 12.1 Å². The van der Waals surface area contributed by atoms with Crippen molar-refractivity contribution in [1.29, 1.82) is 0 Å². The number of carbonyl (C=O) groups excluding carboxylic acids is 1. The van der Waals surface area contributed by atoms with Crippen LogP contribution in [0.3, 0.4) is 0 Å². The summed E-state index contributed by atoms with van der Waals surface area (Å²) in [6.07, 6.45) is -0.460. The number of benzene rings is 3. The Morgan fingerprint density at radius 2 is 1.73 bits per heavy atom. The molecular weight excluding hydrogens is 473 g/mol. The molecule has 0 amide bonds. The van der Waals surface area contributed by atoms with Gasteiger partial charge in [0, 0.05) is 17.6 Å². The summed E-state index contributed by atoms with van der Waals surface area (Å²) in [5.74, 6) is -2.66. The number of hydrogen-bond donors (Lipinski definition) is 3. The molecule has 0 aliphatic carbocycles. The van der Waals surface area contributed by atoms with Crippen LogP contribution < -0.4 is 5.32 Å². The van der Waals surface area contributed by atoms with Gasteiger partial charge in [-0.1, -0.05) is 60.7 Å². The van der Waals surface area contributed by atoms with Crippen LogP contribution in [0.4, 0.5) is 4.39 Å². The maximum atomic E-state index is 13.9. The maximum Gasteiger partial charge on any atom is 0.377 e. The van der Waals surface area contributed by atoms with E-state index in [4.69, 9.17) is 9.84 Å². The molecule has 2 atom stereocenters. The predicted molar refractivity (Wildman–Crippen MR) is 141 cm³/mol. The highest BCUT2D eigenvalue weighted by Crippen LogP contribution is 2.30. The summed E-state index contributed by atoms with van der Waals surface area (Å²) in [6, 6.07) is 19.3. The van der Waals surface area contributed by atoms with Gasteiger partial charge in [-0.05, 0) is 68.0 Å². The Bertz CT molecular complexity index is 1240. The normalized spacial score (nSPS) is 13.2. The zero-order chi connectivity index (χ0) is 27.2. The molecule has 3 rings (SSSR count). The molecule has 3 N–H and O–H groups in total. The number of nitrogens with one attached hydrogen (secondary N) is 1. The fourth-order valence-corrected chi connectivity index (χ4v) is 4.16. The van der Waals surface area contributed by atoms with Crippen LogP contribution in [0.25, 0.3) is 11.1 Å². The number of aliphatic carboxylic acids is 1. The van der Waals surface area contributed by atoms with E-state index in [1.54, 1.807) is 31.2 Å². The molecule has 3 aromatic carbocycles. The van der Waals surface area contributed by atoms with Crippen molar-refractivity contribution in [2.75, 3.05) is 13.2 Å². The number of aliphatic hydroxyl groups excluding tert-OH is 1. The van der Waals surface area contributed by atoms with Gasteiger partial charge < -0.3 is 20.3 Å². The van der Waals surface area contributed by atoms with Gasteiger partial charge in [0.1, 0.15) is 5.82 Å². The second-order valence-electron chi connectivity index (χ2n) is 9.95. The molecular formula is C30H34FNO5. The van der Waals surface area contributed by atoms with Crippen molar-refractivity contribution in [3.8, 4) is 11.1 Å². The highest BCUT2D eigenvalue weighted by Gasteiger charge is 2.21. The van der Waals surface area contributed by atoms with E-state index in [9.17, 15) is 19.1 Å². The van der Waals surface area contributed by atoms with Gasteiger partial charge in [-0.15, -0.1) is 0 Å². The monoisotopic (exact) mass is 507 g/mol. The van der Waals surface area contributed by atoms with Crippen molar-refractivity contribution in [2.45, 2.75) is 51.9 Å². The SMILES string of the molecule is Cc1ccc(CC(C)(C)NC[C@@H](O)CO[C@H](C)c2ccccc2-c2ccc(C(=O)C(=O)O)cc2)cc1F. The van der Waals surface area contributed by atoms with Crippen molar-refractivity contribution >= 4 is 11.8 Å². The summed E-state index contributed by atoms with van der Waals surface area (Å²) < 4.78 is 19.9. The number of carboxylic acids is 1. The first-order valence-electron chi connectivity index (χ1n) is 12.2. The number of halogens is 1. The first-order chi connectivity index (χ1) is 17.5. The number of hydrogen-bond acceptors (Lipinski definition) is 5. The summed E-state index contributed by atoms with van der Waals surface area (Å²) >= 11 is 0. The number of Topliss-reactive ketones (excluding diaryl/α,β-unsaturated/α-hetero) is 1. The quantitative estimate of drug-likeness (QED) is 0.233. The van der Waals surface area contributed by atoms with Crippen LogP contribution >= 0.6 is 0 Å². The van der Waals surface area contributed by atoms with Crippen LogP contribution in [0.15, 0.2) is 66.7 Å². The molecule has 0 heterocycles. The van der Waals surface area contributed by atoms with Gasteiger partial charge in [0.25, 0.3) is 5.78 Å². The lowest BCUT2D eigenvalue weighted by atomic mass is 9.94. The number of carboxylic acid groups (broad SMARTS) is 1. The summed E-state index contributed by atoms with van der Waals surface area (Å²) in [6.45, 7) is 8.08. The second kappa shape index (κ2) is 12.2. The second-order valence-corrected chi connectivity index (χ2v) is 9.95. The van der Waals surface area contributed by atoms with E-state index in [1.807, 2.05) is 51.1 Å². The third-order valence-corrected chi connectivity index (χ3v) is 6.29. The zero-order valence-corrected chi connectivity index (χ0v) is 21.6. The smallest absolute Gasteiger partial charge is 0.377 e. The molecule has 0 saturated heterocycles. The molecule has 0 fully saturated rings. The Labute approximate surface area is 217 Å².